The molecule has 0 saturated heterocycles. The van der Waals surface area contributed by atoms with Gasteiger partial charge in [-0.3, -0.25) is 0 Å². The van der Waals surface area contributed by atoms with Crippen molar-refractivity contribution in [1.82, 2.24) is 0 Å². The Labute approximate surface area is 202 Å². The van der Waals surface area contributed by atoms with E-state index in [-0.39, 0.29) is 23.9 Å². The second kappa shape index (κ2) is 9.31. The lowest BCUT2D eigenvalue weighted by molar-refractivity contribution is -0.148. The molecule has 0 aromatic heterocycles. The summed E-state index contributed by atoms with van der Waals surface area (Å²) < 4.78 is 5.29. The Morgan fingerprint density at radius 3 is 2.52 bits per heavy atom. The summed E-state index contributed by atoms with van der Waals surface area (Å²) >= 11 is 6.21. The molecule has 2 aliphatic carbocycles. The Morgan fingerprint density at radius 2 is 1.88 bits per heavy atom. The summed E-state index contributed by atoms with van der Waals surface area (Å²) in [4.78, 5) is 13.1. The van der Waals surface area contributed by atoms with Crippen molar-refractivity contribution in [2.45, 2.75) is 70.3 Å². The highest BCUT2D eigenvalue weighted by Crippen LogP contribution is 2.56. The third kappa shape index (κ3) is 4.40. The molecule has 33 heavy (non-hydrogen) atoms. The van der Waals surface area contributed by atoms with Gasteiger partial charge in [0.15, 0.2) is 0 Å². The molecule has 0 aliphatic heterocycles. The first-order valence-electron chi connectivity index (χ1n) is 12.1. The molecular formula is C28H36ClNO3. The molecule has 2 N–H and O–H groups in total. The molecule has 0 radical (unpaired) electrons. The first kappa shape index (κ1) is 24.1. The van der Waals surface area contributed by atoms with Crippen LogP contribution in [0.2, 0.25) is 5.02 Å². The van der Waals surface area contributed by atoms with E-state index in [9.17, 15) is 9.90 Å². The third-order valence-corrected chi connectivity index (χ3v) is 8.52. The van der Waals surface area contributed by atoms with Gasteiger partial charge in [-0.15, -0.1) is 0 Å². The summed E-state index contributed by atoms with van der Waals surface area (Å²) in [6.07, 6.45) is 5.26. The van der Waals surface area contributed by atoms with Crippen LogP contribution >= 0.6 is 11.6 Å². The highest BCUT2D eigenvalue weighted by Gasteiger charge is 2.54. The molecule has 2 aromatic carbocycles. The number of aliphatic hydroxyl groups is 1. The average Bonchev–Trinajstić information content (AvgIpc) is 3.07. The molecule has 1 spiro atoms. The Hall–Kier alpha value is -2.04. The fraction of sp³-hybridized carbons (Fsp3) is 0.536. The van der Waals surface area contributed by atoms with Gasteiger partial charge in [-0.1, -0.05) is 36.7 Å². The Kier molecular flexibility index (Phi) is 6.80. The second-order valence-corrected chi connectivity index (χ2v) is 10.8. The molecule has 178 valence electrons. The maximum absolute atomic E-state index is 13.1. The number of halogens is 1. The van der Waals surface area contributed by atoms with Crippen LogP contribution in [0.5, 0.6) is 0 Å². The SMILES string of the molecule is COC(=O)C1(Nc2cccc(Cl)c2)CCC2(CC1)c1cc(C)c(C)cc1C[C@H]2C[C@@H](C)CO. The van der Waals surface area contributed by atoms with E-state index < -0.39 is 5.54 Å². The molecular weight excluding hydrogens is 434 g/mol. The van der Waals surface area contributed by atoms with Crippen molar-refractivity contribution in [2.75, 3.05) is 19.0 Å². The number of nitrogens with one attached hydrogen (secondary N) is 1. The quantitative estimate of drug-likeness (QED) is 0.510. The maximum Gasteiger partial charge on any atom is 0.331 e. The van der Waals surface area contributed by atoms with Gasteiger partial charge in [0.05, 0.1) is 7.11 Å². The number of aryl methyl sites for hydroxylation is 2. The van der Waals surface area contributed by atoms with Gasteiger partial charge in [0.1, 0.15) is 5.54 Å². The molecule has 2 aliphatic rings. The van der Waals surface area contributed by atoms with Gasteiger partial charge < -0.3 is 15.2 Å². The molecule has 5 heteroatoms. The molecule has 4 rings (SSSR count). The number of hydrogen-bond acceptors (Lipinski definition) is 4. The largest absolute Gasteiger partial charge is 0.467 e. The number of aliphatic hydroxyl groups excluding tert-OH is 1. The normalized spacial score (nSPS) is 27.3. The van der Waals surface area contributed by atoms with Crippen LogP contribution in [0.15, 0.2) is 36.4 Å². The summed E-state index contributed by atoms with van der Waals surface area (Å²) in [5.74, 6) is 0.522. The zero-order chi connectivity index (χ0) is 23.8. The number of benzene rings is 2. The van der Waals surface area contributed by atoms with Crippen molar-refractivity contribution >= 4 is 23.3 Å². The fourth-order valence-corrected chi connectivity index (χ4v) is 6.47. The summed E-state index contributed by atoms with van der Waals surface area (Å²) in [5, 5.41) is 13.9. The third-order valence-electron chi connectivity index (χ3n) is 8.28. The highest BCUT2D eigenvalue weighted by molar-refractivity contribution is 6.30. The smallest absolute Gasteiger partial charge is 0.331 e. The molecule has 2 aromatic rings. The minimum Gasteiger partial charge on any atom is -0.467 e. The van der Waals surface area contributed by atoms with Gasteiger partial charge in [-0.25, -0.2) is 4.79 Å². The summed E-state index contributed by atoms with van der Waals surface area (Å²) in [6.45, 7) is 6.72. The van der Waals surface area contributed by atoms with Crippen LogP contribution in [-0.2, 0) is 21.4 Å². The van der Waals surface area contributed by atoms with Crippen molar-refractivity contribution in [2.24, 2.45) is 11.8 Å². The van der Waals surface area contributed by atoms with Gasteiger partial charge in [-0.05, 0) is 110 Å². The van der Waals surface area contributed by atoms with E-state index in [1.54, 1.807) is 0 Å². The van der Waals surface area contributed by atoms with Crippen LogP contribution in [0, 0.1) is 25.7 Å². The van der Waals surface area contributed by atoms with E-state index in [1.807, 2.05) is 24.3 Å². The van der Waals surface area contributed by atoms with Gasteiger partial charge in [0.2, 0.25) is 0 Å². The molecule has 2 atom stereocenters. The zero-order valence-electron chi connectivity index (χ0n) is 20.2. The van der Waals surface area contributed by atoms with Crippen molar-refractivity contribution in [3.63, 3.8) is 0 Å². The topological polar surface area (TPSA) is 58.6 Å². The number of hydrogen-bond donors (Lipinski definition) is 2. The number of methoxy groups -OCH3 is 1. The van der Waals surface area contributed by atoms with Crippen molar-refractivity contribution in [3.05, 3.63) is 63.7 Å². The molecule has 1 saturated carbocycles. The lowest BCUT2D eigenvalue weighted by atomic mass is 9.59. The molecule has 0 amide bonds. The maximum atomic E-state index is 13.1. The summed E-state index contributed by atoms with van der Waals surface area (Å²) in [5.41, 5.74) is 5.68. The standard InChI is InChI=1S/C28H36ClNO3/c1-18(17-31)12-22-15-21-13-19(2)20(3)14-25(21)27(22)8-10-28(11-9-27,26(32)33-4)30-24-7-5-6-23(29)16-24/h5-7,13-14,16,18,22,30-31H,8-12,15,17H2,1-4H3/t18-,22-,27?,28?/m1/s1. The number of carbonyl (C=O) groups is 1. The van der Waals surface area contributed by atoms with Crippen LogP contribution in [0.3, 0.4) is 0 Å². The number of esters is 1. The second-order valence-electron chi connectivity index (χ2n) is 10.4. The first-order valence-corrected chi connectivity index (χ1v) is 12.4. The van der Waals surface area contributed by atoms with E-state index in [1.165, 1.54) is 29.4 Å². The van der Waals surface area contributed by atoms with Crippen molar-refractivity contribution in [1.29, 1.82) is 0 Å². The first-order chi connectivity index (χ1) is 15.7. The number of ether oxygens (including phenoxy) is 1. The predicted octanol–water partition coefficient (Wildman–Crippen LogP) is 5.98. The van der Waals surface area contributed by atoms with E-state index >= 15 is 0 Å². The zero-order valence-corrected chi connectivity index (χ0v) is 21.0. The predicted molar refractivity (Wildman–Crippen MR) is 134 cm³/mol. The fourth-order valence-electron chi connectivity index (χ4n) is 6.28. The molecule has 0 bridgehead atoms. The van der Waals surface area contributed by atoms with Gasteiger partial charge in [0.25, 0.3) is 0 Å². The minimum absolute atomic E-state index is 0.0325. The number of rotatable bonds is 6. The minimum atomic E-state index is -0.764. The van der Waals surface area contributed by atoms with Crippen molar-refractivity contribution < 1.29 is 14.6 Å². The average molecular weight is 470 g/mol. The van der Waals surface area contributed by atoms with Crippen LogP contribution in [0.25, 0.3) is 0 Å². The van der Waals surface area contributed by atoms with Gasteiger partial charge in [-0.2, -0.15) is 0 Å². The van der Waals surface area contributed by atoms with Gasteiger partial charge >= 0.3 is 5.97 Å². The van der Waals surface area contributed by atoms with Crippen LogP contribution in [0.4, 0.5) is 5.69 Å². The van der Waals surface area contributed by atoms with E-state index in [4.69, 9.17) is 16.3 Å². The van der Waals surface area contributed by atoms with Crippen LogP contribution in [0.1, 0.15) is 61.3 Å². The summed E-state index contributed by atoms with van der Waals surface area (Å²) in [7, 11) is 1.47. The molecule has 1 fully saturated rings. The monoisotopic (exact) mass is 469 g/mol. The van der Waals surface area contributed by atoms with E-state index in [2.05, 4.69) is 38.2 Å². The van der Waals surface area contributed by atoms with Crippen LogP contribution in [-0.4, -0.2) is 30.3 Å². The highest BCUT2D eigenvalue weighted by atomic mass is 35.5. The van der Waals surface area contributed by atoms with Gasteiger partial charge in [0, 0.05) is 17.3 Å². The van der Waals surface area contributed by atoms with Crippen LogP contribution < -0.4 is 5.32 Å². The Balaban J connectivity index is 1.68. The lowest BCUT2D eigenvalue weighted by Crippen LogP contribution is -2.53. The van der Waals surface area contributed by atoms with E-state index in [0.717, 1.165) is 31.4 Å². The number of fused-ring (bicyclic) bond motifs is 2. The molecule has 4 nitrogen and oxygen atoms in total. The Bertz CT molecular complexity index is 1030. The summed E-state index contributed by atoms with van der Waals surface area (Å²) in [6, 6.07) is 12.3. The van der Waals surface area contributed by atoms with Crippen molar-refractivity contribution in [3.8, 4) is 0 Å². The molecule has 0 heterocycles. The molecule has 0 unspecified atom stereocenters. The number of carbonyl (C=O) groups excluding carboxylic acids is 1. The number of anilines is 1. The van der Waals surface area contributed by atoms with E-state index in [0.29, 0.717) is 23.8 Å². The Morgan fingerprint density at radius 1 is 1.18 bits per heavy atom. The lowest BCUT2D eigenvalue weighted by Gasteiger charge is -2.48.